The van der Waals surface area contributed by atoms with Gasteiger partial charge in [-0.05, 0) is 65.2 Å². The van der Waals surface area contributed by atoms with E-state index < -0.39 is 36.8 Å². The number of aliphatic hydroxyl groups excluding tert-OH is 1. The third-order valence-electron chi connectivity index (χ3n) is 5.47. The van der Waals surface area contributed by atoms with E-state index in [1.165, 1.54) is 19.4 Å². The molecule has 220 valence electrons. The molecule has 1 heterocycles. The van der Waals surface area contributed by atoms with Crippen LogP contribution in [-0.2, 0) is 14.3 Å². The van der Waals surface area contributed by atoms with Gasteiger partial charge in [0.25, 0.3) is 0 Å². The van der Waals surface area contributed by atoms with Gasteiger partial charge in [-0.1, -0.05) is 17.7 Å². The average Bonchev–Trinajstić information content (AvgIpc) is 2.91. The lowest BCUT2D eigenvalue weighted by Crippen LogP contribution is -2.45. The van der Waals surface area contributed by atoms with Gasteiger partial charge < -0.3 is 39.8 Å². The smallest absolute Gasteiger partial charge is 0.341 e. The van der Waals surface area contributed by atoms with Crippen molar-refractivity contribution in [1.29, 1.82) is 0 Å². The van der Waals surface area contributed by atoms with E-state index in [2.05, 4.69) is 37.1 Å². The minimum Gasteiger partial charge on any atom is -0.490 e. The molecule has 0 saturated heterocycles. The molecule has 0 fully saturated rings. The number of carbonyl (C=O) groups is 3. The second-order valence-electron chi connectivity index (χ2n) is 8.41. The van der Waals surface area contributed by atoms with Crippen molar-refractivity contribution in [1.82, 2.24) is 16.1 Å². The summed E-state index contributed by atoms with van der Waals surface area (Å²) in [6.07, 6.45) is 0.181. The Balaban J connectivity index is 1.67. The molecule has 0 spiro atoms. The minimum absolute atomic E-state index is 0.172. The molecule has 0 aliphatic carbocycles. The number of aliphatic hydroxyl groups is 1. The van der Waals surface area contributed by atoms with Crippen LogP contribution < -0.4 is 30.3 Å². The SMILES string of the molecule is CCOc1cc([C@H]2NC(=O)NC(C)=C2C(=O)OC)ccc1OC[C@@H](O)N/N=C\c1cc(Cl)c(OCC(=O)O)c(Br)c1. The second-order valence-corrected chi connectivity index (χ2v) is 9.67. The van der Waals surface area contributed by atoms with Crippen molar-refractivity contribution in [3.05, 3.63) is 62.2 Å². The van der Waals surface area contributed by atoms with E-state index in [9.17, 15) is 19.5 Å². The van der Waals surface area contributed by atoms with E-state index in [1.807, 2.05) is 0 Å². The molecule has 2 aromatic rings. The number of carboxylic acid groups (broad SMARTS) is 1. The molecule has 41 heavy (non-hydrogen) atoms. The molecule has 1 aliphatic heterocycles. The number of hydrogen-bond donors (Lipinski definition) is 5. The summed E-state index contributed by atoms with van der Waals surface area (Å²) >= 11 is 9.44. The Morgan fingerprint density at radius 2 is 1.98 bits per heavy atom. The summed E-state index contributed by atoms with van der Waals surface area (Å²) in [4.78, 5) is 35.2. The molecular weight excluding hydrogens is 628 g/mol. The second kappa shape index (κ2) is 14.6. The van der Waals surface area contributed by atoms with Crippen LogP contribution in [0.5, 0.6) is 17.2 Å². The van der Waals surface area contributed by atoms with E-state index in [0.29, 0.717) is 39.4 Å². The van der Waals surface area contributed by atoms with Crippen LogP contribution in [0.2, 0.25) is 5.02 Å². The first-order chi connectivity index (χ1) is 19.5. The number of carbonyl (C=O) groups excluding carboxylic acids is 2. The predicted molar refractivity (Wildman–Crippen MR) is 151 cm³/mol. The summed E-state index contributed by atoms with van der Waals surface area (Å²) in [5.74, 6) is -0.906. The first-order valence-electron chi connectivity index (χ1n) is 12.1. The molecule has 0 aromatic heterocycles. The first-order valence-corrected chi connectivity index (χ1v) is 13.3. The van der Waals surface area contributed by atoms with Gasteiger partial charge >= 0.3 is 18.0 Å². The van der Waals surface area contributed by atoms with Gasteiger partial charge in [0.15, 0.2) is 30.1 Å². The normalized spacial score (nSPS) is 15.6. The van der Waals surface area contributed by atoms with E-state index in [4.69, 9.17) is 35.7 Å². The monoisotopic (exact) mass is 654 g/mol. The Bertz CT molecular complexity index is 1350. The number of nitrogens with zero attached hydrogens (tertiary/aromatic N) is 1. The van der Waals surface area contributed by atoms with E-state index in [-0.39, 0.29) is 23.0 Å². The molecule has 13 nitrogen and oxygen atoms in total. The molecule has 3 rings (SSSR count). The number of amides is 2. The fourth-order valence-electron chi connectivity index (χ4n) is 3.75. The highest BCUT2D eigenvalue weighted by Gasteiger charge is 2.32. The zero-order valence-electron chi connectivity index (χ0n) is 22.2. The number of hydrogen-bond acceptors (Lipinski definition) is 10. The third-order valence-corrected chi connectivity index (χ3v) is 6.34. The van der Waals surface area contributed by atoms with Gasteiger partial charge in [0.1, 0.15) is 6.61 Å². The van der Waals surface area contributed by atoms with Crippen LogP contribution in [0.1, 0.15) is 31.0 Å². The van der Waals surface area contributed by atoms with Crippen molar-refractivity contribution in [2.24, 2.45) is 5.10 Å². The number of aliphatic carboxylic acids is 1. The highest BCUT2D eigenvalue weighted by atomic mass is 79.9. The summed E-state index contributed by atoms with van der Waals surface area (Å²) in [7, 11) is 1.26. The maximum absolute atomic E-state index is 12.4. The number of hydrazone groups is 1. The molecule has 0 unspecified atom stereocenters. The van der Waals surface area contributed by atoms with Crippen LogP contribution in [0.25, 0.3) is 0 Å². The van der Waals surface area contributed by atoms with E-state index in [0.717, 1.165) is 0 Å². The Labute approximate surface area is 248 Å². The van der Waals surface area contributed by atoms with Gasteiger partial charge in [0.05, 0.1) is 41.0 Å². The number of carboxylic acids is 1. The zero-order valence-corrected chi connectivity index (χ0v) is 24.5. The van der Waals surface area contributed by atoms with Crippen molar-refractivity contribution < 1.29 is 43.5 Å². The number of methoxy groups -OCH3 is 1. The van der Waals surface area contributed by atoms with Crippen molar-refractivity contribution in [3.63, 3.8) is 0 Å². The molecule has 0 radical (unpaired) electrons. The summed E-state index contributed by atoms with van der Waals surface area (Å²) in [5, 5.41) is 28.5. The van der Waals surface area contributed by atoms with Gasteiger partial charge in [-0.3, -0.25) is 5.43 Å². The van der Waals surface area contributed by atoms with Crippen LogP contribution in [0.15, 0.2) is 51.2 Å². The lowest BCUT2D eigenvalue weighted by Gasteiger charge is -2.28. The predicted octanol–water partition coefficient (Wildman–Crippen LogP) is 3.09. The van der Waals surface area contributed by atoms with Crippen LogP contribution >= 0.6 is 27.5 Å². The van der Waals surface area contributed by atoms with Crippen molar-refractivity contribution >= 4 is 51.7 Å². The first kappa shape index (κ1) is 31.5. The zero-order chi connectivity index (χ0) is 30.1. The lowest BCUT2D eigenvalue weighted by atomic mass is 9.95. The van der Waals surface area contributed by atoms with Gasteiger partial charge in [-0.2, -0.15) is 5.10 Å². The molecule has 2 atom stereocenters. The molecule has 0 saturated carbocycles. The molecule has 2 aromatic carbocycles. The highest BCUT2D eigenvalue weighted by molar-refractivity contribution is 9.10. The summed E-state index contributed by atoms with van der Waals surface area (Å²) < 4.78 is 21.9. The number of nitrogens with one attached hydrogen (secondary N) is 3. The molecule has 0 bridgehead atoms. The van der Waals surface area contributed by atoms with Crippen molar-refractivity contribution in [2.75, 3.05) is 26.9 Å². The summed E-state index contributed by atoms with van der Waals surface area (Å²) in [5.41, 5.74) is 4.24. The Hall–Kier alpha value is -4.01. The van der Waals surface area contributed by atoms with Gasteiger partial charge in [-0.15, -0.1) is 0 Å². The maximum atomic E-state index is 12.4. The van der Waals surface area contributed by atoms with Crippen molar-refractivity contribution in [2.45, 2.75) is 26.1 Å². The fourth-order valence-corrected chi connectivity index (χ4v) is 4.73. The molecule has 1 aliphatic rings. The third kappa shape index (κ3) is 8.49. The minimum atomic E-state index is -1.21. The topological polar surface area (TPSA) is 177 Å². The van der Waals surface area contributed by atoms with Crippen LogP contribution in [0, 0.1) is 0 Å². The van der Waals surface area contributed by atoms with Gasteiger partial charge in [0, 0.05) is 5.70 Å². The summed E-state index contributed by atoms with van der Waals surface area (Å²) in [6, 6.07) is 6.77. The number of rotatable bonds is 13. The maximum Gasteiger partial charge on any atom is 0.341 e. The highest BCUT2D eigenvalue weighted by Crippen LogP contribution is 2.35. The number of benzene rings is 2. The number of urea groups is 1. The quantitative estimate of drug-likeness (QED) is 0.0933. The van der Waals surface area contributed by atoms with Gasteiger partial charge in [-0.25, -0.2) is 14.4 Å². The summed E-state index contributed by atoms with van der Waals surface area (Å²) in [6.45, 7) is 2.94. The van der Waals surface area contributed by atoms with Crippen LogP contribution in [0.4, 0.5) is 4.79 Å². The van der Waals surface area contributed by atoms with Crippen LogP contribution in [0.3, 0.4) is 0 Å². The van der Waals surface area contributed by atoms with Crippen molar-refractivity contribution in [3.8, 4) is 17.2 Å². The number of ether oxygens (including phenoxy) is 4. The number of halogens is 2. The molecule has 2 amide bonds. The standard InChI is InChI=1S/C26H28BrClN4O9/c1-4-39-19-9-15(23-22(25(36)38-3)13(2)30-26(37)31-23)5-6-18(19)40-11-20(33)32-29-10-14-7-16(27)24(17(28)8-14)41-12-21(34)35/h5-10,20,23,32-33H,4,11-12H2,1-3H3,(H,34,35)(H2,30,31,37)/b29-10-/t20-,23-/m1/s1. The Kier molecular flexibility index (Phi) is 11.2. The average molecular weight is 656 g/mol. The largest absolute Gasteiger partial charge is 0.490 e. The molecule has 5 N–H and O–H groups in total. The fraction of sp³-hybridized carbons (Fsp3) is 0.308. The van der Waals surface area contributed by atoms with Crippen LogP contribution in [-0.4, -0.2) is 67.6 Å². The molecule has 15 heteroatoms. The number of allylic oxidation sites excluding steroid dienone is 1. The Morgan fingerprint density at radius 3 is 2.63 bits per heavy atom. The lowest BCUT2D eigenvalue weighted by molar-refractivity contribution is -0.139. The van der Waals surface area contributed by atoms with E-state index >= 15 is 0 Å². The Morgan fingerprint density at radius 1 is 1.22 bits per heavy atom. The number of esters is 1. The van der Waals surface area contributed by atoms with E-state index in [1.54, 1.807) is 38.1 Å². The molecular formula is C26H28BrClN4O9. The van der Waals surface area contributed by atoms with Gasteiger partial charge in [0.2, 0.25) is 0 Å².